The highest BCUT2D eigenvalue weighted by molar-refractivity contribution is 5.98. The van der Waals surface area contributed by atoms with E-state index in [1.165, 1.54) is 32.1 Å². The van der Waals surface area contributed by atoms with Gasteiger partial charge in [0.1, 0.15) is 13.2 Å². The lowest BCUT2D eigenvalue weighted by Crippen LogP contribution is -2.30. The van der Waals surface area contributed by atoms with Gasteiger partial charge in [0.15, 0.2) is 17.3 Å². The van der Waals surface area contributed by atoms with Crippen LogP contribution in [0.3, 0.4) is 0 Å². The van der Waals surface area contributed by atoms with E-state index in [0.717, 1.165) is 6.54 Å². The Labute approximate surface area is 142 Å². The number of nitrogens with one attached hydrogen (secondary N) is 1. The van der Waals surface area contributed by atoms with Gasteiger partial charge in [-0.05, 0) is 37.0 Å². The second-order valence-corrected chi connectivity index (χ2v) is 6.59. The first-order chi connectivity index (χ1) is 11.7. The Morgan fingerprint density at radius 2 is 1.75 bits per heavy atom. The van der Waals surface area contributed by atoms with Gasteiger partial charge < -0.3 is 14.8 Å². The molecule has 2 aliphatic rings. The molecule has 5 nitrogen and oxygen atoms in total. The van der Waals surface area contributed by atoms with Gasteiger partial charge >= 0.3 is 0 Å². The van der Waals surface area contributed by atoms with Crippen molar-refractivity contribution in [3.8, 4) is 11.5 Å². The number of ether oxygens (including phenoxy) is 2. The molecule has 0 saturated heterocycles. The number of carbonyl (C=O) groups is 2. The Bertz CT molecular complexity index is 593. The average molecular weight is 331 g/mol. The Kier molecular flexibility index (Phi) is 5.72. The lowest BCUT2D eigenvalue weighted by molar-refractivity contribution is -0.121. The summed E-state index contributed by atoms with van der Waals surface area (Å²) in [6.45, 7) is 1.77. The van der Waals surface area contributed by atoms with Gasteiger partial charge in [-0.1, -0.05) is 19.3 Å². The molecule has 1 saturated carbocycles. The van der Waals surface area contributed by atoms with Crippen LogP contribution in [0, 0.1) is 5.92 Å². The van der Waals surface area contributed by atoms with Gasteiger partial charge in [0.05, 0.1) is 0 Å². The number of hydrogen-bond acceptors (Lipinski definition) is 4. The number of benzene rings is 1. The van der Waals surface area contributed by atoms with E-state index in [1.54, 1.807) is 18.2 Å². The van der Waals surface area contributed by atoms with Gasteiger partial charge in [0, 0.05) is 24.9 Å². The molecule has 1 N–H and O–H groups in total. The van der Waals surface area contributed by atoms with Gasteiger partial charge in [0.2, 0.25) is 5.91 Å². The van der Waals surface area contributed by atoms with E-state index in [0.29, 0.717) is 36.2 Å². The second-order valence-electron chi connectivity index (χ2n) is 6.59. The predicted molar refractivity (Wildman–Crippen MR) is 90.6 cm³/mol. The number of hydrogen-bond donors (Lipinski definition) is 1. The summed E-state index contributed by atoms with van der Waals surface area (Å²) in [6, 6.07) is 5.19. The maximum Gasteiger partial charge on any atom is 0.220 e. The van der Waals surface area contributed by atoms with Crippen molar-refractivity contribution in [2.75, 3.05) is 19.8 Å². The van der Waals surface area contributed by atoms with Gasteiger partial charge in [-0.3, -0.25) is 9.59 Å². The molecule has 3 rings (SSSR count). The zero-order chi connectivity index (χ0) is 16.8. The van der Waals surface area contributed by atoms with E-state index >= 15 is 0 Å². The number of fused-ring (bicyclic) bond motifs is 1. The molecule has 0 unspecified atom stereocenters. The highest BCUT2D eigenvalue weighted by Crippen LogP contribution is 2.31. The van der Waals surface area contributed by atoms with Crippen molar-refractivity contribution in [2.24, 2.45) is 5.92 Å². The first-order valence-electron chi connectivity index (χ1n) is 8.92. The van der Waals surface area contributed by atoms with Crippen LogP contribution in [0.15, 0.2) is 18.2 Å². The van der Waals surface area contributed by atoms with Gasteiger partial charge in [-0.15, -0.1) is 0 Å². The molecule has 1 aliphatic carbocycles. The largest absolute Gasteiger partial charge is 0.486 e. The minimum absolute atomic E-state index is 0.0357. The smallest absolute Gasteiger partial charge is 0.220 e. The fraction of sp³-hybridized carbons (Fsp3) is 0.579. The second kappa shape index (κ2) is 8.18. The van der Waals surface area contributed by atoms with Crippen LogP contribution in [0.5, 0.6) is 11.5 Å². The summed E-state index contributed by atoms with van der Waals surface area (Å²) in [5.41, 5.74) is 0.569. The van der Waals surface area contributed by atoms with E-state index in [-0.39, 0.29) is 24.5 Å². The molecule has 0 spiro atoms. The van der Waals surface area contributed by atoms with Gasteiger partial charge in [-0.2, -0.15) is 0 Å². The summed E-state index contributed by atoms with van der Waals surface area (Å²) in [5.74, 6) is 1.80. The normalized spacial score (nSPS) is 17.3. The van der Waals surface area contributed by atoms with Gasteiger partial charge in [0.25, 0.3) is 0 Å². The maximum absolute atomic E-state index is 12.3. The monoisotopic (exact) mass is 331 g/mol. The highest BCUT2D eigenvalue weighted by atomic mass is 16.6. The molecule has 1 aromatic carbocycles. The van der Waals surface area contributed by atoms with Gasteiger partial charge in [-0.25, -0.2) is 0 Å². The van der Waals surface area contributed by atoms with Crippen molar-refractivity contribution in [1.29, 1.82) is 0 Å². The summed E-state index contributed by atoms with van der Waals surface area (Å²) in [7, 11) is 0. The van der Waals surface area contributed by atoms with Crippen LogP contribution < -0.4 is 14.8 Å². The molecule has 24 heavy (non-hydrogen) atoms. The molecule has 1 aliphatic heterocycles. The average Bonchev–Trinajstić information content (AvgIpc) is 2.65. The predicted octanol–water partition coefficient (Wildman–Crippen LogP) is 3.12. The molecular weight excluding hydrogens is 306 g/mol. The summed E-state index contributed by atoms with van der Waals surface area (Å²) >= 11 is 0. The van der Waals surface area contributed by atoms with Crippen LogP contribution >= 0.6 is 0 Å². The number of amides is 1. The van der Waals surface area contributed by atoms with Crippen molar-refractivity contribution in [2.45, 2.75) is 44.9 Å². The van der Waals surface area contributed by atoms with Crippen LogP contribution in [0.4, 0.5) is 0 Å². The molecular formula is C19H25NO4. The Morgan fingerprint density at radius 1 is 1.00 bits per heavy atom. The Hall–Kier alpha value is -2.04. The quantitative estimate of drug-likeness (QED) is 0.814. The molecule has 1 fully saturated rings. The van der Waals surface area contributed by atoms with Crippen molar-refractivity contribution >= 4 is 11.7 Å². The van der Waals surface area contributed by atoms with Crippen LogP contribution in [0.2, 0.25) is 0 Å². The zero-order valence-electron chi connectivity index (χ0n) is 14.0. The lowest BCUT2D eigenvalue weighted by Gasteiger charge is -2.21. The molecule has 0 aromatic heterocycles. The number of carbonyl (C=O) groups excluding carboxylic acids is 2. The third kappa shape index (κ3) is 4.49. The van der Waals surface area contributed by atoms with E-state index in [9.17, 15) is 9.59 Å². The van der Waals surface area contributed by atoms with E-state index in [2.05, 4.69) is 5.32 Å². The molecule has 0 atom stereocenters. The molecule has 1 amide bonds. The van der Waals surface area contributed by atoms with Crippen molar-refractivity contribution in [3.63, 3.8) is 0 Å². The van der Waals surface area contributed by atoms with Crippen LogP contribution in [-0.2, 0) is 4.79 Å². The summed E-state index contributed by atoms with van der Waals surface area (Å²) in [5, 5.41) is 2.97. The molecule has 5 heteroatoms. The minimum atomic E-state index is -0.0419. The topological polar surface area (TPSA) is 64.6 Å². The minimum Gasteiger partial charge on any atom is -0.486 e. The molecule has 0 bridgehead atoms. The van der Waals surface area contributed by atoms with Crippen molar-refractivity contribution < 1.29 is 19.1 Å². The third-order valence-electron chi connectivity index (χ3n) is 4.76. The summed E-state index contributed by atoms with van der Waals surface area (Å²) in [4.78, 5) is 24.2. The fourth-order valence-corrected chi connectivity index (χ4v) is 3.33. The SMILES string of the molecule is O=C(CCC(=O)c1ccc2c(c1)OCCO2)NCC1CCCCC1. The lowest BCUT2D eigenvalue weighted by atomic mass is 9.89. The highest BCUT2D eigenvalue weighted by Gasteiger charge is 2.17. The molecule has 1 aromatic rings. The van der Waals surface area contributed by atoms with Crippen molar-refractivity contribution in [3.05, 3.63) is 23.8 Å². The maximum atomic E-state index is 12.3. The van der Waals surface area contributed by atoms with E-state index in [1.807, 2.05) is 0 Å². The summed E-state index contributed by atoms with van der Waals surface area (Å²) < 4.78 is 10.9. The number of Topliss-reactive ketones (excluding diaryl/α,β-unsaturated/α-hetero) is 1. The Balaban J connectivity index is 1.43. The van der Waals surface area contributed by atoms with E-state index < -0.39 is 0 Å². The molecule has 0 radical (unpaired) electrons. The third-order valence-corrected chi connectivity index (χ3v) is 4.76. The zero-order valence-corrected chi connectivity index (χ0v) is 14.0. The molecule has 1 heterocycles. The number of rotatable bonds is 6. The number of ketones is 1. The molecule has 130 valence electrons. The first kappa shape index (κ1) is 16.8. The first-order valence-corrected chi connectivity index (χ1v) is 8.92. The van der Waals surface area contributed by atoms with E-state index in [4.69, 9.17) is 9.47 Å². The van der Waals surface area contributed by atoms with Crippen molar-refractivity contribution in [1.82, 2.24) is 5.32 Å². The van der Waals surface area contributed by atoms with Crippen LogP contribution in [0.25, 0.3) is 0 Å². The van der Waals surface area contributed by atoms with Crippen LogP contribution in [0.1, 0.15) is 55.3 Å². The summed E-state index contributed by atoms with van der Waals surface area (Å²) in [6.07, 6.45) is 6.71. The van der Waals surface area contributed by atoms with Crippen LogP contribution in [-0.4, -0.2) is 31.4 Å². The standard InChI is InChI=1S/C19H25NO4/c21-16(15-6-8-17-18(12-15)24-11-10-23-17)7-9-19(22)20-13-14-4-2-1-3-5-14/h6,8,12,14H,1-5,7,9-11,13H2,(H,20,22). The fourth-order valence-electron chi connectivity index (χ4n) is 3.33. The Morgan fingerprint density at radius 3 is 2.54 bits per heavy atom.